The van der Waals surface area contributed by atoms with Gasteiger partial charge in [0.25, 0.3) is 0 Å². The van der Waals surface area contributed by atoms with Gasteiger partial charge in [0.05, 0.1) is 6.20 Å². The lowest BCUT2D eigenvalue weighted by atomic mass is 10.1. The fourth-order valence-electron chi connectivity index (χ4n) is 2.00. The number of nitrogens with zero attached hydrogens (tertiary/aromatic N) is 2. The monoisotopic (exact) mass is 323 g/mol. The molecular formula is C14H18BrN3O. The summed E-state index contributed by atoms with van der Waals surface area (Å²) in [5, 5.41) is 4.15. The zero-order valence-electron chi connectivity index (χ0n) is 11.4. The summed E-state index contributed by atoms with van der Waals surface area (Å²) < 4.78 is 8.85. The van der Waals surface area contributed by atoms with Gasteiger partial charge >= 0.3 is 0 Å². The second kappa shape index (κ2) is 5.75. The third kappa shape index (κ3) is 3.16. The lowest BCUT2D eigenvalue weighted by molar-refractivity contribution is 0.214. The van der Waals surface area contributed by atoms with Gasteiger partial charge in [-0.2, -0.15) is 5.10 Å². The Kier molecular flexibility index (Phi) is 4.27. The van der Waals surface area contributed by atoms with E-state index in [-0.39, 0.29) is 6.10 Å². The molecule has 1 heterocycles. The van der Waals surface area contributed by atoms with Gasteiger partial charge in [-0.05, 0) is 37.1 Å². The maximum Gasteiger partial charge on any atom is 0.139 e. The molecule has 0 bridgehead atoms. The van der Waals surface area contributed by atoms with Crippen molar-refractivity contribution in [1.82, 2.24) is 9.78 Å². The van der Waals surface area contributed by atoms with E-state index in [0.717, 1.165) is 26.9 Å². The summed E-state index contributed by atoms with van der Waals surface area (Å²) in [6.45, 7) is 4.51. The summed E-state index contributed by atoms with van der Waals surface area (Å²) in [6.07, 6.45) is 3.54. The molecule has 102 valence electrons. The van der Waals surface area contributed by atoms with E-state index in [1.807, 2.05) is 39.2 Å². The summed E-state index contributed by atoms with van der Waals surface area (Å²) in [5.41, 5.74) is 9.09. The predicted octanol–water partition coefficient (Wildman–Crippen LogP) is 2.88. The van der Waals surface area contributed by atoms with E-state index >= 15 is 0 Å². The van der Waals surface area contributed by atoms with Gasteiger partial charge in [-0.25, -0.2) is 0 Å². The van der Waals surface area contributed by atoms with Gasteiger partial charge in [0.2, 0.25) is 0 Å². The van der Waals surface area contributed by atoms with Crippen molar-refractivity contribution in [2.45, 2.75) is 20.0 Å². The number of hydrogen-bond donors (Lipinski definition) is 1. The van der Waals surface area contributed by atoms with E-state index in [4.69, 9.17) is 10.5 Å². The molecule has 1 unspecified atom stereocenters. The Hall–Kier alpha value is -1.33. The SMILES string of the molecule is Cc1cc(OC(CN)c2cnn(C)c2)cc(C)c1Br. The number of nitrogens with two attached hydrogens (primary N) is 1. The number of benzene rings is 1. The zero-order chi connectivity index (χ0) is 14.0. The van der Waals surface area contributed by atoms with Crippen LogP contribution in [0, 0.1) is 13.8 Å². The Morgan fingerprint density at radius 3 is 2.47 bits per heavy atom. The molecule has 0 fully saturated rings. The minimum absolute atomic E-state index is 0.173. The molecule has 0 aliphatic heterocycles. The lowest BCUT2D eigenvalue weighted by Crippen LogP contribution is -2.18. The highest BCUT2D eigenvalue weighted by atomic mass is 79.9. The van der Waals surface area contributed by atoms with Crippen LogP contribution < -0.4 is 10.5 Å². The highest BCUT2D eigenvalue weighted by molar-refractivity contribution is 9.10. The number of aryl methyl sites for hydroxylation is 3. The van der Waals surface area contributed by atoms with E-state index in [0.29, 0.717) is 6.54 Å². The number of hydrogen-bond acceptors (Lipinski definition) is 3. The summed E-state index contributed by atoms with van der Waals surface area (Å²) in [6, 6.07) is 4.02. The van der Waals surface area contributed by atoms with Crippen LogP contribution in [0.2, 0.25) is 0 Å². The van der Waals surface area contributed by atoms with Crippen LogP contribution in [0.25, 0.3) is 0 Å². The van der Waals surface area contributed by atoms with Gasteiger partial charge in [0.15, 0.2) is 0 Å². The second-order valence-corrected chi connectivity index (χ2v) is 5.45. The van der Waals surface area contributed by atoms with Crippen LogP contribution in [0.3, 0.4) is 0 Å². The van der Waals surface area contributed by atoms with E-state index in [1.54, 1.807) is 10.9 Å². The van der Waals surface area contributed by atoms with Crippen molar-refractivity contribution in [3.63, 3.8) is 0 Å². The predicted molar refractivity (Wildman–Crippen MR) is 79.2 cm³/mol. The third-order valence-electron chi connectivity index (χ3n) is 3.00. The zero-order valence-corrected chi connectivity index (χ0v) is 12.9. The normalized spacial score (nSPS) is 12.5. The molecule has 0 spiro atoms. The molecule has 5 heteroatoms. The topological polar surface area (TPSA) is 53.1 Å². The number of ether oxygens (including phenoxy) is 1. The first-order valence-corrected chi connectivity index (χ1v) is 6.92. The molecule has 1 aromatic carbocycles. The molecule has 0 amide bonds. The summed E-state index contributed by atoms with van der Waals surface area (Å²) >= 11 is 3.55. The number of halogens is 1. The molecular weight excluding hydrogens is 306 g/mol. The largest absolute Gasteiger partial charge is 0.484 e. The van der Waals surface area contributed by atoms with Gasteiger partial charge in [-0.1, -0.05) is 15.9 Å². The highest BCUT2D eigenvalue weighted by Gasteiger charge is 2.14. The van der Waals surface area contributed by atoms with E-state index in [1.165, 1.54) is 0 Å². The first kappa shape index (κ1) is 14.1. The quantitative estimate of drug-likeness (QED) is 0.941. The second-order valence-electron chi connectivity index (χ2n) is 4.66. The smallest absolute Gasteiger partial charge is 0.139 e. The van der Waals surface area contributed by atoms with Crippen LogP contribution in [0.4, 0.5) is 0 Å². The van der Waals surface area contributed by atoms with Gasteiger partial charge in [0, 0.05) is 29.8 Å². The standard InChI is InChI=1S/C14H18BrN3O/c1-9-4-12(5-10(2)14(9)15)19-13(6-16)11-7-17-18(3)8-11/h4-5,7-8,13H,6,16H2,1-3H3. The van der Waals surface area contributed by atoms with Gasteiger partial charge in [-0.15, -0.1) is 0 Å². The van der Waals surface area contributed by atoms with Crippen molar-refractivity contribution >= 4 is 15.9 Å². The molecule has 19 heavy (non-hydrogen) atoms. The van der Waals surface area contributed by atoms with E-state index in [9.17, 15) is 0 Å². The van der Waals surface area contributed by atoms with Crippen LogP contribution in [0.5, 0.6) is 5.75 Å². The first-order chi connectivity index (χ1) is 9.01. The van der Waals surface area contributed by atoms with Gasteiger partial charge in [-0.3, -0.25) is 4.68 Å². The fraction of sp³-hybridized carbons (Fsp3) is 0.357. The average Bonchev–Trinajstić information content (AvgIpc) is 2.79. The molecule has 1 atom stereocenters. The van der Waals surface area contributed by atoms with Crippen LogP contribution in [-0.2, 0) is 7.05 Å². The van der Waals surface area contributed by atoms with Crippen LogP contribution in [0.1, 0.15) is 22.8 Å². The lowest BCUT2D eigenvalue weighted by Gasteiger charge is -2.17. The Labute approximate surface area is 121 Å². The van der Waals surface area contributed by atoms with Gasteiger partial charge < -0.3 is 10.5 Å². The van der Waals surface area contributed by atoms with Crippen molar-refractivity contribution in [1.29, 1.82) is 0 Å². The Bertz CT molecular complexity index is 557. The number of rotatable bonds is 4. The Morgan fingerprint density at radius 2 is 2.00 bits per heavy atom. The third-order valence-corrected chi connectivity index (χ3v) is 4.25. The van der Waals surface area contributed by atoms with Crippen molar-refractivity contribution < 1.29 is 4.74 Å². The molecule has 2 N–H and O–H groups in total. The highest BCUT2D eigenvalue weighted by Crippen LogP contribution is 2.29. The van der Waals surface area contributed by atoms with E-state index < -0.39 is 0 Å². The van der Waals surface area contributed by atoms with Crippen molar-refractivity contribution in [2.24, 2.45) is 12.8 Å². The molecule has 2 aromatic rings. The van der Waals surface area contributed by atoms with Crippen molar-refractivity contribution in [2.75, 3.05) is 6.54 Å². The molecule has 2 rings (SSSR count). The molecule has 0 aliphatic rings. The molecule has 0 radical (unpaired) electrons. The summed E-state index contributed by atoms with van der Waals surface area (Å²) in [4.78, 5) is 0. The van der Waals surface area contributed by atoms with Crippen molar-refractivity contribution in [3.8, 4) is 5.75 Å². The molecule has 1 aromatic heterocycles. The maximum atomic E-state index is 5.98. The molecule has 0 saturated heterocycles. The maximum absolute atomic E-state index is 5.98. The molecule has 0 saturated carbocycles. The minimum atomic E-state index is -0.173. The molecule has 0 aliphatic carbocycles. The summed E-state index contributed by atoms with van der Waals surface area (Å²) in [7, 11) is 1.88. The minimum Gasteiger partial charge on any atom is -0.484 e. The van der Waals surface area contributed by atoms with Crippen LogP contribution >= 0.6 is 15.9 Å². The number of aromatic nitrogens is 2. The Balaban J connectivity index is 2.23. The van der Waals surface area contributed by atoms with Crippen LogP contribution in [-0.4, -0.2) is 16.3 Å². The van der Waals surface area contributed by atoms with Crippen molar-refractivity contribution in [3.05, 3.63) is 45.7 Å². The molecule has 4 nitrogen and oxygen atoms in total. The first-order valence-electron chi connectivity index (χ1n) is 6.13. The summed E-state index contributed by atoms with van der Waals surface area (Å²) in [5.74, 6) is 0.831. The fourth-order valence-corrected chi connectivity index (χ4v) is 2.23. The Morgan fingerprint density at radius 1 is 1.37 bits per heavy atom. The van der Waals surface area contributed by atoms with Gasteiger partial charge in [0.1, 0.15) is 11.9 Å². The average molecular weight is 324 g/mol. The van der Waals surface area contributed by atoms with Crippen LogP contribution in [0.15, 0.2) is 29.0 Å². The van der Waals surface area contributed by atoms with E-state index in [2.05, 4.69) is 21.0 Å².